The molecule has 1 aliphatic rings. The van der Waals surface area contributed by atoms with Gasteiger partial charge in [0.25, 0.3) is 5.91 Å². The van der Waals surface area contributed by atoms with E-state index in [1.165, 1.54) is 0 Å². The van der Waals surface area contributed by atoms with E-state index in [1.807, 2.05) is 20.8 Å². The number of aliphatic hydroxyl groups excluding tert-OH is 1. The first-order chi connectivity index (χ1) is 10.7. The molecule has 0 bridgehead atoms. The fourth-order valence-electron chi connectivity index (χ4n) is 2.37. The van der Waals surface area contributed by atoms with Gasteiger partial charge in [-0.05, 0) is 30.0 Å². The van der Waals surface area contributed by atoms with Crippen LogP contribution in [0.3, 0.4) is 0 Å². The SMILES string of the molecule is CC(C)(C)C(O)CNC(=O)c1cc(N2CCCC2=O)ccc1Cl. The molecule has 1 heterocycles. The van der Waals surface area contributed by atoms with Crippen molar-refractivity contribution in [1.29, 1.82) is 0 Å². The van der Waals surface area contributed by atoms with E-state index in [4.69, 9.17) is 11.6 Å². The second-order valence-electron chi connectivity index (χ2n) is 6.90. The first-order valence-corrected chi connectivity index (χ1v) is 8.14. The van der Waals surface area contributed by atoms with Crippen LogP contribution < -0.4 is 10.2 Å². The Morgan fingerprint density at radius 3 is 2.70 bits per heavy atom. The number of benzene rings is 1. The Hall–Kier alpha value is -1.59. The van der Waals surface area contributed by atoms with E-state index in [-0.39, 0.29) is 23.8 Å². The summed E-state index contributed by atoms with van der Waals surface area (Å²) in [4.78, 5) is 25.8. The highest BCUT2D eigenvalue weighted by atomic mass is 35.5. The van der Waals surface area contributed by atoms with Crippen molar-refractivity contribution in [2.24, 2.45) is 5.41 Å². The maximum atomic E-state index is 12.3. The van der Waals surface area contributed by atoms with Gasteiger partial charge in [0.05, 0.1) is 16.7 Å². The molecule has 1 aliphatic heterocycles. The molecule has 0 aromatic heterocycles. The quantitative estimate of drug-likeness (QED) is 0.886. The predicted molar refractivity (Wildman–Crippen MR) is 90.8 cm³/mol. The molecule has 1 saturated heterocycles. The molecule has 5 nitrogen and oxygen atoms in total. The van der Waals surface area contributed by atoms with E-state index >= 15 is 0 Å². The van der Waals surface area contributed by atoms with Crippen molar-refractivity contribution in [3.05, 3.63) is 28.8 Å². The fourth-order valence-corrected chi connectivity index (χ4v) is 2.57. The van der Waals surface area contributed by atoms with Crippen LogP contribution in [-0.4, -0.2) is 36.1 Å². The average molecular weight is 339 g/mol. The van der Waals surface area contributed by atoms with Gasteiger partial charge in [0.1, 0.15) is 0 Å². The van der Waals surface area contributed by atoms with Gasteiger partial charge in [-0.1, -0.05) is 32.4 Å². The third-order valence-corrected chi connectivity index (χ3v) is 4.36. The van der Waals surface area contributed by atoms with Crippen molar-refractivity contribution in [3.8, 4) is 0 Å². The lowest BCUT2D eigenvalue weighted by atomic mass is 9.89. The molecule has 6 heteroatoms. The van der Waals surface area contributed by atoms with E-state index < -0.39 is 6.10 Å². The van der Waals surface area contributed by atoms with Crippen molar-refractivity contribution in [2.75, 3.05) is 18.0 Å². The number of anilines is 1. The minimum atomic E-state index is -0.659. The van der Waals surface area contributed by atoms with Crippen LogP contribution >= 0.6 is 11.6 Å². The van der Waals surface area contributed by atoms with Gasteiger partial charge in [-0.25, -0.2) is 0 Å². The lowest BCUT2D eigenvalue weighted by Crippen LogP contribution is -2.39. The van der Waals surface area contributed by atoms with Gasteiger partial charge in [-0.2, -0.15) is 0 Å². The number of hydrogen-bond acceptors (Lipinski definition) is 3. The van der Waals surface area contributed by atoms with Crippen LogP contribution in [0.1, 0.15) is 44.0 Å². The fraction of sp³-hybridized carbons (Fsp3) is 0.529. The van der Waals surface area contributed by atoms with Gasteiger partial charge in [0.15, 0.2) is 0 Å². The Labute approximate surface area is 141 Å². The number of aliphatic hydroxyl groups is 1. The third kappa shape index (κ3) is 4.24. The number of hydrogen-bond donors (Lipinski definition) is 2. The summed E-state index contributed by atoms with van der Waals surface area (Å²) in [6, 6.07) is 4.99. The average Bonchev–Trinajstić information content (AvgIpc) is 2.90. The molecule has 23 heavy (non-hydrogen) atoms. The Balaban J connectivity index is 2.12. The van der Waals surface area contributed by atoms with E-state index in [0.29, 0.717) is 29.2 Å². The third-order valence-electron chi connectivity index (χ3n) is 4.04. The minimum absolute atomic E-state index is 0.0573. The van der Waals surface area contributed by atoms with Crippen LogP contribution in [0.5, 0.6) is 0 Å². The van der Waals surface area contributed by atoms with Crippen LogP contribution in [0.4, 0.5) is 5.69 Å². The zero-order valence-electron chi connectivity index (χ0n) is 13.7. The van der Waals surface area contributed by atoms with Gasteiger partial charge < -0.3 is 15.3 Å². The number of carbonyl (C=O) groups excluding carboxylic acids is 2. The molecule has 0 aliphatic carbocycles. The Morgan fingerprint density at radius 1 is 1.43 bits per heavy atom. The number of carbonyl (C=O) groups is 2. The highest BCUT2D eigenvalue weighted by molar-refractivity contribution is 6.34. The van der Waals surface area contributed by atoms with E-state index in [9.17, 15) is 14.7 Å². The molecular formula is C17H23ClN2O3. The first kappa shape index (κ1) is 17.8. The summed E-state index contributed by atoms with van der Waals surface area (Å²) in [5.41, 5.74) is 0.671. The largest absolute Gasteiger partial charge is 0.391 e. The normalized spacial score (nSPS) is 16.6. The second-order valence-corrected chi connectivity index (χ2v) is 7.31. The number of nitrogens with zero attached hydrogens (tertiary/aromatic N) is 1. The van der Waals surface area contributed by atoms with Crippen LogP contribution in [0.15, 0.2) is 18.2 Å². The summed E-state index contributed by atoms with van der Waals surface area (Å²) in [7, 11) is 0. The van der Waals surface area contributed by atoms with E-state index in [1.54, 1.807) is 23.1 Å². The molecule has 0 radical (unpaired) electrons. The van der Waals surface area contributed by atoms with Crippen molar-refractivity contribution < 1.29 is 14.7 Å². The van der Waals surface area contributed by atoms with Crippen molar-refractivity contribution in [2.45, 2.75) is 39.7 Å². The summed E-state index contributed by atoms with van der Waals surface area (Å²) < 4.78 is 0. The molecule has 1 fully saturated rings. The first-order valence-electron chi connectivity index (χ1n) is 7.76. The maximum Gasteiger partial charge on any atom is 0.252 e. The molecule has 2 rings (SSSR count). The van der Waals surface area contributed by atoms with Crippen molar-refractivity contribution in [1.82, 2.24) is 5.32 Å². The topological polar surface area (TPSA) is 69.6 Å². The van der Waals surface area contributed by atoms with Crippen LogP contribution in [0.2, 0.25) is 5.02 Å². The van der Waals surface area contributed by atoms with Gasteiger partial charge >= 0.3 is 0 Å². The van der Waals surface area contributed by atoms with Crippen LogP contribution in [-0.2, 0) is 4.79 Å². The number of halogens is 1. The lowest BCUT2D eigenvalue weighted by Gasteiger charge is -2.26. The van der Waals surface area contributed by atoms with Gasteiger partial charge in [-0.3, -0.25) is 9.59 Å². The van der Waals surface area contributed by atoms with Crippen LogP contribution in [0, 0.1) is 5.41 Å². The summed E-state index contributed by atoms with van der Waals surface area (Å²) in [5, 5.41) is 13.0. The maximum absolute atomic E-state index is 12.3. The Bertz CT molecular complexity index is 610. The predicted octanol–water partition coefficient (Wildman–Crippen LogP) is 2.60. The van der Waals surface area contributed by atoms with Crippen molar-refractivity contribution >= 4 is 29.1 Å². The highest BCUT2D eigenvalue weighted by Crippen LogP contribution is 2.26. The molecule has 1 aromatic carbocycles. The second kappa shape index (κ2) is 6.89. The zero-order chi connectivity index (χ0) is 17.2. The molecule has 126 valence electrons. The molecule has 1 unspecified atom stereocenters. The standard InChI is InChI=1S/C17H23ClN2O3/c1-17(2,3)14(21)10-19-16(23)12-9-11(6-7-13(12)18)20-8-4-5-15(20)22/h6-7,9,14,21H,4-5,8,10H2,1-3H3,(H,19,23). The summed E-state index contributed by atoms with van der Waals surface area (Å²) in [6.45, 7) is 6.50. The highest BCUT2D eigenvalue weighted by Gasteiger charge is 2.25. The van der Waals surface area contributed by atoms with Crippen molar-refractivity contribution in [3.63, 3.8) is 0 Å². The Kier molecular flexibility index (Phi) is 5.32. The summed E-state index contributed by atoms with van der Waals surface area (Å²) in [6.07, 6.45) is 0.691. The van der Waals surface area contributed by atoms with E-state index in [0.717, 1.165) is 6.42 Å². The lowest BCUT2D eigenvalue weighted by molar-refractivity contribution is -0.117. The number of nitrogens with one attached hydrogen (secondary N) is 1. The Morgan fingerprint density at radius 2 is 2.13 bits per heavy atom. The van der Waals surface area contributed by atoms with Gasteiger partial charge in [0, 0.05) is 25.2 Å². The van der Waals surface area contributed by atoms with Crippen LogP contribution in [0.25, 0.3) is 0 Å². The van der Waals surface area contributed by atoms with Gasteiger partial charge in [-0.15, -0.1) is 0 Å². The number of amides is 2. The zero-order valence-corrected chi connectivity index (χ0v) is 14.5. The minimum Gasteiger partial charge on any atom is -0.391 e. The molecule has 2 N–H and O–H groups in total. The summed E-state index contributed by atoms with van der Waals surface area (Å²) in [5.74, 6) is -0.298. The molecule has 1 aromatic rings. The number of rotatable bonds is 4. The molecule has 2 amide bonds. The molecular weight excluding hydrogens is 316 g/mol. The van der Waals surface area contributed by atoms with E-state index in [2.05, 4.69) is 5.32 Å². The monoisotopic (exact) mass is 338 g/mol. The molecule has 1 atom stereocenters. The summed E-state index contributed by atoms with van der Waals surface area (Å²) >= 11 is 6.11. The van der Waals surface area contributed by atoms with Gasteiger partial charge in [0.2, 0.25) is 5.91 Å². The smallest absolute Gasteiger partial charge is 0.252 e. The molecule has 0 spiro atoms. The molecule has 0 saturated carbocycles.